The van der Waals surface area contributed by atoms with E-state index >= 15 is 0 Å². The molecule has 5 heteroatoms. The van der Waals surface area contributed by atoms with E-state index in [4.69, 9.17) is 0 Å². The molecule has 0 saturated carbocycles. The Kier molecular flexibility index (Phi) is 8.72. The van der Waals surface area contributed by atoms with E-state index in [-0.39, 0.29) is 37.2 Å². The molecule has 0 spiro atoms. The van der Waals surface area contributed by atoms with E-state index in [1.165, 1.54) is 15.0 Å². The average Bonchev–Trinajstić information content (AvgIpc) is 2.76. The van der Waals surface area contributed by atoms with Crippen molar-refractivity contribution in [3.05, 3.63) is 69.6 Å². The third-order valence-corrected chi connectivity index (χ3v) is 9.18. The van der Waals surface area contributed by atoms with Gasteiger partial charge >= 0.3 is 128 Å². The molecular formula is C17H17Cl3SiTi. The summed E-state index contributed by atoms with van der Waals surface area (Å²) in [7, 11) is -1.53. The van der Waals surface area contributed by atoms with E-state index in [2.05, 4.69) is 94.2 Å². The summed E-state index contributed by atoms with van der Waals surface area (Å²) in [6.07, 6.45) is 2.37. The Bertz CT molecular complexity index is 641. The molecule has 0 heterocycles. The Morgan fingerprint density at radius 1 is 0.818 bits per heavy atom. The summed E-state index contributed by atoms with van der Waals surface area (Å²) >= 11 is 2.29. The van der Waals surface area contributed by atoms with Crippen LogP contribution in [0, 0.1) is 0 Å². The van der Waals surface area contributed by atoms with Crippen LogP contribution in [-0.4, -0.2) is 8.07 Å². The van der Waals surface area contributed by atoms with Gasteiger partial charge in [-0.05, 0) is 0 Å². The fourth-order valence-electron chi connectivity index (χ4n) is 3.14. The van der Waals surface area contributed by atoms with Crippen LogP contribution in [-0.2, 0) is 20.4 Å². The molecular weight excluding hydrogens is 386 g/mol. The average molecular weight is 404 g/mol. The summed E-state index contributed by atoms with van der Waals surface area (Å²) < 4.78 is 1.53. The molecule has 3 rings (SSSR count). The molecule has 0 radical (unpaired) electrons. The van der Waals surface area contributed by atoms with Gasteiger partial charge in [0.25, 0.3) is 0 Å². The molecule has 2 aromatic rings. The maximum Gasteiger partial charge on any atom is -1.00 e. The van der Waals surface area contributed by atoms with Gasteiger partial charge in [-0.15, -0.1) is 0 Å². The number of fused-ring (bicyclic) bond motifs is 1. The third kappa shape index (κ3) is 3.90. The van der Waals surface area contributed by atoms with Crippen LogP contribution in [0.25, 0.3) is 6.08 Å². The minimum absolute atomic E-state index is 0. The van der Waals surface area contributed by atoms with E-state index in [0.29, 0.717) is 5.54 Å². The van der Waals surface area contributed by atoms with Gasteiger partial charge in [-0.1, -0.05) is 0 Å². The van der Waals surface area contributed by atoms with Crippen molar-refractivity contribution in [2.24, 2.45) is 0 Å². The molecule has 0 amide bonds. The summed E-state index contributed by atoms with van der Waals surface area (Å²) in [4.78, 5) is 0. The second-order valence-electron chi connectivity index (χ2n) is 5.75. The Balaban J connectivity index is 0.00000147. The van der Waals surface area contributed by atoms with Crippen LogP contribution >= 0.6 is 0 Å². The van der Waals surface area contributed by atoms with Gasteiger partial charge in [0, 0.05) is 0 Å². The third-order valence-electron chi connectivity index (χ3n) is 4.17. The molecule has 0 N–H and O–H groups in total. The van der Waals surface area contributed by atoms with E-state index < -0.39 is 8.07 Å². The molecule has 2 aromatic carbocycles. The van der Waals surface area contributed by atoms with Crippen molar-refractivity contribution in [2.75, 3.05) is 0 Å². The SMILES string of the molecule is C[Si](C)(c1ccccc1)C1[C]([Ti+3])=Cc2ccccc21.[Cl-].[Cl-].[Cl-]. The van der Waals surface area contributed by atoms with Gasteiger partial charge in [0.15, 0.2) is 0 Å². The molecule has 0 aromatic heterocycles. The zero-order chi connectivity index (χ0) is 13.5. The van der Waals surface area contributed by atoms with Crippen molar-refractivity contribution in [3.8, 4) is 0 Å². The number of hydrogen-bond donors (Lipinski definition) is 0. The van der Waals surface area contributed by atoms with Crippen LogP contribution in [0.3, 0.4) is 0 Å². The first-order chi connectivity index (χ1) is 9.10. The van der Waals surface area contributed by atoms with E-state index in [0.717, 1.165) is 0 Å². The minimum atomic E-state index is -1.53. The van der Waals surface area contributed by atoms with Gasteiger partial charge in [-0.3, -0.25) is 0 Å². The Hall–Kier alpha value is -0.0188. The first kappa shape index (κ1) is 22.0. The summed E-state index contributed by atoms with van der Waals surface area (Å²) in [5, 5.41) is 1.55. The first-order valence-electron chi connectivity index (χ1n) is 6.68. The second-order valence-corrected chi connectivity index (χ2v) is 11.2. The molecule has 1 aliphatic carbocycles. The van der Waals surface area contributed by atoms with E-state index in [1.807, 2.05) is 0 Å². The van der Waals surface area contributed by atoms with Gasteiger partial charge in [0.05, 0.1) is 0 Å². The fourth-order valence-corrected chi connectivity index (χ4v) is 8.60. The minimum Gasteiger partial charge on any atom is -1.00 e. The van der Waals surface area contributed by atoms with Crippen LogP contribution in [0.5, 0.6) is 0 Å². The summed E-state index contributed by atoms with van der Waals surface area (Å²) in [6, 6.07) is 19.9. The molecule has 1 atom stereocenters. The van der Waals surface area contributed by atoms with E-state index in [1.54, 1.807) is 5.19 Å². The molecule has 0 bridgehead atoms. The number of halogens is 3. The van der Waals surface area contributed by atoms with Crippen LogP contribution in [0.2, 0.25) is 13.1 Å². The zero-order valence-electron chi connectivity index (χ0n) is 12.5. The Labute approximate surface area is 164 Å². The van der Waals surface area contributed by atoms with Crippen molar-refractivity contribution >= 4 is 19.3 Å². The second kappa shape index (κ2) is 8.73. The number of allylic oxidation sites excluding steroid dienone is 1. The number of hydrogen-bond acceptors (Lipinski definition) is 0. The quantitative estimate of drug-likeness (QED) is 0.440. The van der Waals surface area contributed by atoms with Crippen molar-refractivity contribution in [2.45, 2.75) is 18.6 Å². The van der Waals surface area contributed by atoms with Gasteiger partial charge in [0.2, 0.25) is 0 Å². The van der Waals surface area contributed by atoms with Gasteiger partial charge in [-0.2, -0.15) is 0 Å². The normalized spacial score (nSPS) is 15.6. The van der Waals surface area contributed by atoms with E-state index in [9.17, 15) is 0 Å². The van der Waals surface area contributed by atoms with Crippen molar-refractivity contribution < 1.29 is 57.7 Å². The first-order valence-corrected chi connectivity index (χ1v) is 10.5. The Morgan fingerprint density at radius 2 is 1.36 bits per heavy atom. The predicted octanol–water partition coefficient (Wildman–Crippen LogP) is -5.16. The fraction of sp³-hybridized carbons (Fsp3) is 0.176. The maximum atomic E-state index is 2.49. The smallest absolute Gasteiger partial charge is 1.00 e. The summed E-state index contributed by atoms with van der Waals surface area (Å²) in [6.45, 7) is 4.98. The largest absolute Gasteiger partial charge is 1.00 e. The van der Waals surface area contributed by atoms with Crippen molar-refractivity contribution in [1.82, 2.24) is 0 Å². The number of rotatable bonds is 2. The molecule has 0 saturated heterocycles. The summed E-state index contributed by atoms with van der Waals surface area (Å²) in [5.41, 5.74) is 3.56. The molecule has 1 aliphatic rings. The molecule has 1 unspecified atom stereocenters. The number of benzene rings is 2. The van der Waals surface area contributed by atoms with Gasteiger partial charge in [0.1, 0.15) is 0 Å². The van der Waals surface area contributed by atoms with Crippen molar-refractivity contribution in [1.29, 1.82) is 0 Å². The van der Waals surface area contributed by atoms with Crippen LogP contribution in [0.1, 0.15) is 16.7 Å². The topological polar surface area (TPSA) is 0 Å². The molecule has 114 valence electrons. The predicted molar refractivity (Wildman–Crippen MR) is 80.7 cm³/mol. The maximum absolute atomic E-state index is 2.49. The van der Waals surface area contributed by atoms with Crippen molar-refractivity contribution in [3.63, 3.8) is 0 Å². The zero-order valence-corrected chi connectivity index (χ0v) is 17.3. The molecule has 0 nitrogen and oxygen atoms in total. The molecule has 0 fully saturated rings. The van der Waals surface area contributed by atoms with Crippen LogP contribution in [0.15, 0.2) is 58.5 Å². The standard InChI is InChI=1S/C17H17Si.3ClH.Ti/c1-18(2,15-9-4-3-5-10-15)17-13-12-14-8-6-7-11-16(14)17;;;;/h3-12,17H,1-2H3;3*1H;/q;;;;+3/p-3. The monoisotopic (exact) mass is 402 g/mol. The van der Waals surface area contributed by atoms with Gasteiger partial charge < -0.3 is 37.2 Å². The molecule has 22 heavy (non-hydrogen) atoms. The molecule has 0 aliphatic heterocycles. The summed E-state index contributed by atoms with van der Waals surface area (Å²) in [5.74, 6) is 0. The van der Waals surface area contributed by atoms with Crippen LogP contribution < -0.4 is 42.4 Å². The van der Waals surface area contributed by atoms with Crippen LogP contribution in [0.4, 0.5) is 0 Å². The Morgan fingerprint density at radius 3 is 2.00 bits per heavy atom. The van der Waals surface area contributed by atoms with Gasteiger partial charge in [-0.25, -0.2) is 0 Å².